The van der Waals surface area contributed by atoms with Crippen LogP contribution in [0, 0.1) is 6.92 Å². The van der Waals surface area contributed by atoms with Crippen molar-refractivity contribution >= 4 is 28.1 Å². The number of fused-ring (bicyclic) bond motifs is 3. The smallest absolute Gasteiger partial charge is 0.221 e. The first-order valence-corrected chi connectivity index (χ1v) is 12.3. The van der Waals surface area contributed by atoms with Crippen molar-refractivity contribution in [3.63, 3.8) is 0 Å². The summed E-state index contributed by atoms with van der Waals surface area (Å²) in [5.41, 5.74) is 7.50. The standard InChI is InChI=1S/C28H33N5O/c1-18(2)27-23(22-10-8-21(9-11-22)17-32-14-6-5-7-15-32)12-13-26-24(27)16-25(29-20(4)34)28-31-30-19(3)33(26)28/h8-13,16,18H,5-7,14-15,17H2,1-4H3,(H,29,34). The van der Waals surface area contributed by atoms with E-state index >= 15 is 0 Å². The molecule has 1 aliphatic heterocycles. The fourth-order valence-corrected chi connectivity index (χ4v) is 5.33. The lowest BCUT2D eigenvalue weighted by Crippen LogP contribution is -2.28. The summed E-state index contributed by atoms with van der Waals surface area (Å²) in [6.07, 6.45) is 3.99. The van der Waals surface area contributed by atoms with Gasteiger partial charge in [-0.1, -0.05) is 50.6 Å². The summed E-state index contributed by atoms with van der Waals surface area (Å²) in [6, 6.07) is 15.5. The second kappa shape index (κ2) is 9.18. The third-order valence-corrected chi connectivity index (χ3v) is 6.87. The van der Waals surface area contributed by atoms with Crippen LogP contribution in [-0.4, -0.2) is 38.5 Å². The van der Waals surface area contributed by atoms with Gasteiger partial charge in [0.1, 0.15) is 5.82 Å². The minimum atomic E-state index is -0.117. The highest BCUT2D eigenvalue weighted by Gasteiger charge is 2.19. The number of carbonyl (C=O) groups is 1. The first-order valence-electron chi connectivity index (χ1n) is 12.3. The van der Waals surface area contributed by atoms with Crippen molar-refractivity contribution in [3.05, 3.63) is 59.4 Å². The Balaban J connectivity index is 1.61. The minimum Gasteiger partial charge on any atom is -0.323 e. The number of anilines is 1. The Labute approximate surface area is 201 Å². The number of hydrogen-bond acceptors (Lipinski definition) is 4. The topological polar surface area (TPSA) is 62.5 Å². The molecular weight excluding hydrogens is 422 g/mol. The van der Waals surface area contributed by atoms with Crippen LogP contribution < -0.4 is 5.32 Å². The molecule has 0 radical (unpaired) electrons. The number of carbonyl (C=O) groups excluding carboxylic acids is 1. The number of aryl methyl sites for hydroxylation is 1. The Morgan fingerprint density at radius 2 is 1.76 bits per heavy atom. The summed E-state index contributed by atoms with van der Waals surface area (Å²) >= 11 is 0. The first-order chi connectivity index (χ1) is 16.4. The number of likely N-dealkylation sites (tertiary alicyclic amines) is 1. The van der Waals surface area contributed by atoms with E-state index in [1.165, 1.54) is 61.5 Å². The van der Waals surface area contributed by atoms with Gasteiger partial charge in [0, 0.05) is 18.9 Å². The summed E-state index contributed by atoms with van der Waals surface area (Å²) in [4.78, 5) is 14.5. The van der Waals surface area contributed by atoms with Crippen LogP contribution >= 0.6 is 0 Å². The molecule has 34 heavy (non-hydrogen) atoms. The first kappa shape index (κ1) is 22.5. The van der Waals surface area contributed by atoms with Crippen molar-refractivity contribution in [3.8, 4) is 11.1 Å². The zero-order chi connectivity index (χ0) is 23.8. The van der Waals surface area contributed by atoms with E-state index in [2.05, 4.69) is 76.7 Å². The van der Waals surface area contributed by atoms with Gasteiger partial charge in [-0.15, -0.1) is 10.2 Å². The molecule has 176 valence electrons. The van der Waals surface area contributed by atoms with Gasteiger partial charge in [0.2, 0.25) is 5.91 Å². The van der Waals surface area contributed by atoms with Gasteiger partial charge in [-0.3, -0.25) is 14.1 Å². The van der Waals surface area contributed by atoms with Crippen LogP contribution in [0.5, 0.6) is 0 Å². The Morgan fingerprint density at radius 1 is 1.03 bits per heavy atom. The highest BCUT2D eigenvalue weighted by atomic mass is 16.1. The van der Waals surface area contributed by atoms with Gasteiger partial charge < -0.3 is 5.32 Å². The third kappa shape index (κ3) is 4.18. The van der Waals surface area contributed by atoms with E-state index in [0.29, 0.717) is 17.3 Å². The molecule has 1 N–H and O–H groups in total. The molecular formula is C28H33N5O. The number of piperidine rings is 1. The molecule has 0 unspecified atom stereocenters. The molecule has 4 aromatic rings. The molecule has 1 amide bonds. The second-order valence-corrected chi connectivity index (χ2v) is 9.79. The maximum absolute atomic E-state index is 11.9. The summed E-state index contributed by atoms with van der Waals surface area (Å²) in [5.74, 6) is 0.983. The van der Waals surface area contributed by atoms with Crippen LogP contribution in [0.4, 0.5) is 5.69 Å². The molecule has 2 aromatic heterocycles. The van der Waals surface area contributed by atoms with Crippen LogP contribution in [0.1, 0.15) is 62.9 Å². The lowest BCUT2D eigenvalue weighted by atomic mass is 9.88. The van der Waals surface area contributed by atoms with E-state index in [-0.39, 0.29) is 5.91 Å². The molecule has 0 saturated carbocycles. The number of aromatic nitrogens is 3. The van der Waals surface area contributed by atoms with Gasteiger partial charge in [0.25, 0.3) is 0 Å². The molecule has 5 rings (SSSR count). The van der Waals surface area contributed by atoms with Crippen LogP contribution in [0.2, 0.25) is 0 Å². The minimum absolute atomic E-state index is 0.117. The normalized spacial score (nSPS) is 14.9. The van der Waals surface area contributed by atoms with E-state index in [0.717, 1.165) is 23.3 Å². The molecule has 0 spiro atoms. The SMILES string of the molecule is CC(=O)Nc1cc2c(C(C)C)c(-c3ccc(CN4CCCCC4)cc3)ccc2n2c(C)nnc12. The van der Waals surface area contributed by atoms with Gasteiger partial charge in [0.05, 0.1) is 11.2 Å². The highest BCUT2D eigenvalue weighted by molar-refractivity contribution is 6.00. The molecule has 0 aliphatic carbocycles. The van der Waals surface area contributed by atoms with Gasteiger partial charge in [-0.25, -0.2) is 0 Å². The quantitative estimate of drug-likeness (QED) is 0.405. The average Bonchev–Trinajstić information content (AvgIpc) is 3.21. The largest absolute Gasteiger partial charge is 0.323 e. The fraction of sp³-hybridized carbons (Fsp3) is 0.393. The number of hydrogen-bond donors (Lipinski definition) is 1. The maximum atomic E-state index is 11.9. The van der Waals surface area contributed by atoms with E-state index in [1.807, 2.05) is 11.3 Å². The third-order valence-electron chi connectivity index (χ3n) is 6.87. The van der Waals surface area contributed by atoms with Crippen molar-refractivity contribution in [2.45, 2.75) is 59.4 Å². The molecule has 0 atom stereocenters. The molecule has 2 aromatic carbocycles. The number of nitrogens with zero attached hydrogens (tertiary/aromatic N) is 4. The fourth-order valence-electron chi connectivity index (χ4n) is 5.33. The van der Waals surface area contributed by atoms with Crippen LogP contribution in [0.25, 0.3) is 27.7 Å². The van der Waals surface area contributed by atoms with Crippen molar-refractivity contribution < 1.29 is 4.79 Å². The number of amides is 1. The Bertz CT molecular complexity index is 1350. The van der Waals surface area contributed by atoms with E-state index in [4.69, 9.17) is 0 Å². The van der Waals surface area contributed by atoms with Crippen molar-refractivity contribution in [2.75, 3.05) is 18.4 Å². The van der Waals surface area contributed by atoms with Gasteiger partial charge in [-0.2, -0.15) is 0 Å². The Hall–Kier alpha value is -3.25. The lowest BCUT2D eigenvalue weighted by Gasteiger charge is -2.26. The van der Waals surface area contributed by atoms with E-state index in [9.17, 15) is 4.79 Å². The molecule has 3 heterocycles. The van der Waals surface area contributed by atoms with Crippen LogP contribution in [0.15, 0.2) is 42.5 Å². The predicted octanol–water partition coefficient (Wildman–Crippen LogP) is 5.93. The molecule has 1 saturated heterocycles. The number of rotatable bonds is 5. The summed E-state index contributed by atoms with van der Waals surface area (Å²) in [5, 5.41) is 12.7. The van der Waals surface area contributed by atoms with E-state index < -0.39 is 0 Å². The molecule has 1 fully saturated rings. The van der Waals surface area contributed by atoms with Crippen molar-refractivity contribution in [1.29, 1.82) is 0 Å². The van der Waals surface area contributed by atoms with Crippen molar-refractivity contribution in [2.24, 2.45) is 0 Å². The molecule has 6 nitrogen and oxygen atoms in total. The number of pyridine rings is 1. The predicted molar refractivity (Wildman–Crippen MR) is 138 cm³/mol. The zero-order valence-corrected chi connectivity index (χ0v) is 20.6. The van der Waals surface area contributed by atoms with Gasteiger partial charge in [-0.05, 0) is 73.2 Å². The monoisotopic (exact) mass is 455 g/mol. The van der Waals surface area contributed by atoms with Gasteiger partial charge >= 0.3 is 0 Å². The lowest BCUT2D eigenvalue weighted by molar-refractivity contribution is -0.114. The maximum Gasteiger partial charge on any atom is 0.221 e. The molecule has 1 aliphatic rings. The van der Waals surface area contributed by atoms with Crippen LogP contribution in [-0.2, 0) is 11.3 Å². The average molecular weight is 456 g/mol. The highest BCUT2D eigenvalue weighted by Crippen LogP contribution is 2.38. The summed E-state index contributed by atoms with van der Waals surface area (Å²) < 4.78 is 2.04. The summed E-state index contributed by atoms with van der Waals surface area (Å²) in [6.45, 7) is 11.4. The number of nitrogens with one attached hydrogen (secondary N) is 1. The molecule has 6 heteroatoms. The Morgan fingerprint density at radius 3 is 2.44 bits per heavy atom. The van der Waals surface area contributed by atoms with Crippen molar-refractivity contribution in [1.82, 2.24) is 19.5 Å². The van der Waals surface area contributed by atoms with Gasteiger partial charge in [0.15, 0.2) is 5.65 Å². The van der Waals surface area contributed by atoms with E-state index in [1.54, 1.807) is 0 Å². The number of benzene rings is 2. The molecule has 0 bridgehead atoms. The second-order valence-electron chi connectivity index (χ2n) is 9.79. The van der Waals surface area contributed by atoms with Crippen LogP contribution in [0.3, 0.4) is 0 Å². The zero-order valence-electron chi connectivity index (χ0n) is 20.6. The Kier molecular flexibility index (Phi) is 6.09. The summed E-state index contributed by atoms with van der Waals surface area (Å²) in [7, 11) is 0.